The van der Waals surface area contributed by atoms with Gasteiger partial charge in [-0.1, -0.05) is 0 Å². The average Bonchev–Trinajstić information content (AvgIpc) is 2.16. The molecule has 0 aromatic heterocycles. The van der Waals surface area contributed by atoms with Crippen molar-refractivity contribution in [2.45, 2.75) is 43.6 Å². The largest absolute Gasteiger partial charge is 0.357 e. The predicted octanol–water partition coefficient (Wildman–Crippen LogP) is -1.07. The minimum absolute atomic E-state index is 0.0807. The van der Waals surface area contributed by atoms with E-state index in [0.29, 0.717) is 6.04 Å². The monoisotopic (exact) mass is 199 g/mol. The molecule has 2 fully saturated rings. The van der Waals surface area contributed by atoms with Gasteiger partial charge in [-0.15, -0.1) is 0 Å². The van der Waals surface area contributed by atoms with E-state index < -0.39 is 6.23 Å². The van der Waals surface area contributed by atoms with E-state index in [-0.39, 0.29) is 18.0 Å². The van der Waals surface area contributed by atoms with Crippen molar-refractivity contribution in [3.8, 4) is 0 Å². The molecule has 5 nitrogen and oxygen atoms in total. The predicted molar refractivity (Wildman–Crippen MR) is 51.5 cm³/mol. The zero-order valence-electron chi connectivity index (χ0n) is 8.32. The molecule has 0 bridgehead atoms. The highest BCUT2D eigenvalue weighted by atomic mass is 16.5. The summed E-state index contributed by atoms with van der Waals surface area (Å²) in [5, 5.41) is 6.13. The van der Waals surface area contributed by atoms with Crippen LogP contribution in [-0.2, 0) is 9.53 Å². The summed E-state index contributed by atoms with van der Waals surface area (Å²) in [5.74, 6) is -0.0807. The minimum Gasteiger partial charge on any atom is -0.357 e. The molecule has 4 N–H and O–H groups in total. The van der Waals surface area contributed by atoms with Crippen LogP contribution in [0.1, 0.15) is 19.3 Å². The van der Waals surface area contributed by atoms with E-state index in [1.807, 2.05) is 0 Å². The van der Waals surface area contributed by atoms with Gasteiger partial charge in [0.15, 0.2) is 6.23 Å². The van der Waals surface area contributed by atoms with Crippen molar-refractivity contribution in [3.63, 3.8) is 0 Å². The Morgan fingerprint density at radius 1 is 1.43 bits per heavy atom. The first kappa shape index (κ1) is 9.89. The Labute approximate surface area is 83.4 Å². The molecule has 0 aromatic carbocycles. The van der Waals surface area contributed by atoms with Gasteiger partial charge in [0.05, 0.1) is 0 Å². The smallest absolute Gasteiger partial charge is 0.264 e. The Hall–Kier alpha value is -0.650. The van der Waals surface area contributed by atoms with E-state index in [4.69, 9.17) is 10.5 Å². The van der Waals surface area contributed by atoms with Crippen molar-refractivity contribution in [1.29, 1.82) is 0 Å². The molecule has 1 aliphatic carbocycles. The number of methoxy groups -OCH3 is 1. The summed E-state index contributed by atoms with van der Waals surface area (Å²) in [4.78, 5) is 11.4. The molecular weight excluding hydrogens is 182 g/mol. The summed E-state index contributed by atoms with van der Waals surface area (Å²) in [6.45, 7) is 0. The number of rotatable bonds is 1. The third kappa shape index (κ3) is 1.75. The lowest BCUT2D eigenvalue weighted by Gasteiger charge is -2.41. The number of ether oxygens (including phenoxy) is 1. The fraction of sp³-hybridized carbons (Fsp3) is 0.889. The Kier molecular flexibility index (Phi) is 2.71. The lowest BCUT2D eigenvalue weighted by atomic mass is 9.86. The Morgan fingerprint density at radius 3 is 2.93 bits per heavy atom. The first-order valence-corrected chi connectivity index (χ1v) is 5.05. The van der Waals surface area contributed by atoms with Gasteiger partial charge in [-0.25, -0.2) is 0 Å². The van der Waals surface area contributed by atoms with Crippen molar-refractivity contribution >= 4 is 5.91 Å². The number of amides is 1. The van der Waals surface area contributed by atoms with Crippen molar-refractivity contribution in [2.75, 3.05) is 7.11 Å². The lowest BCUT2D eigenvalue weighted by molar-refractivity contribution is -0.138. The maximum atomic E-state index is 11.4. The van der Waals surface area contributed by atoms with Crippen LogP contribution in [-0.4, -0.2) is 37.4 Å². The highest BCUT2D eigenvalue weighted by Gasteiger charge is 2.38. The minimum atomic E-state index is -0.495. The SMILES string of the molecule is COC1NC2CCC(N)CC2NC1=O. The molecule has 1 heterocycles. The van der Waals surface area contributed by atoms with Crippen LogP contribution in [0.15, 0.2) is 0 Å². The maximum absolute atomic E-state index is 11.4. The van der Waals surface area contributed by atoms with Crippen molar-refractivity contribution < 1.29 is 9.53 Å². The average molecular weight is 199 g/mol. The summed E-state index contributed by atoms with van der Waals surface area (Å²) < 4.78 is 5.02. The second-order valence-corrected chi connectivity index (χ2v) is 4.08. The van der Waals surface area contributed by atoms with E-state index in [1.165, 1.54) is 7.11 Å². The molecule has 0 radical (unpaired) electrons. The summed E-state index contributed by atoms with van der Waals surface area (Å²) >= 11 is 0. The molecular formula is C9H17N3O2. The Bertz CT molecular complexity index is 234. The second kappa shape index (κ2) is 3.84. The number of carbonyl (C=O) groups is 1. The van der Waals surface area contributed by atoms with E-state index in [2.05, 4.69) is 10.6 Å². The van der Waals surface area contributed by atoms with Crippen LogP contribution in [0.4, 0.5) is 0 Å². The number of fused-ring (bicyclic) bond motifs is 1. The molecule has 0 spiro atoms. The molecule has 2 aliphatic rings. The molecule has 14 heavy (non-hydrogen) atoms. The molecule has 4 atom stereocenters. The number of nitrogens with two attached hydrogens (primary N) is 1. The van der Waals surface area contributed by atoms with E-state index in [9.17, 15) is 4.79 Å². The number of piperazine rings is 1. The third-order valence-electron chi connectivity index (χ3n) is 3.06. The van der Waals surface area contributed by atoms with Crippen LogP contribution in [0, 0.1) is 0 Å². The maximum Gasteiger partial charge on any atom is 0.264 e. The van der Waals surface area contributed by atoms with Crippen molar-refractivity contribution in [3.05, 3.63) is 0 Å². The van der Waals surface area contributed by atoms with Gasteiger partial charge in [-0.2, -0.15) is 0 Å². The van der Waals surface area contributed by atoms with E-state index in [0.717, 1.165) is 19.3 Å². The molecule has 1 saturated carbocycles. The molecule has 80 valence electrons. The van der Waals surface area contributed by atoms with Gasteiger partial charge in [0.1, 0.15) is 0 Å². The van der Waals surface area contributed by atoms with Crippen molar-refractivity contribution in [1.82, 2.24) is 10.6 Å². The molecule has 4 unspecified atom stereocenters. The summed E-state index contributed by atoms with van der Waals surface area (Å²) in [5.41, 5.74) is 5.84. The fourth-order valence-electron chi connectivity index (χ4n) is 2.27. The van der Waals surface area contributed by atoms with Gasteiger partial charge in [0.25, 0.3) is 5.91 Å². The summed E-state index contributed by atoms with van der Waals surface area (Å²) in [6.07, 6.45) is 2.39. The van der Waals surface area contributed by atoms with Crippen molar-refractivity contribution in [2.24, 2.45) is 5.73 Å². The van der Waals surface area contributed by atoms with Gasteiger partial charge in [-0.3, -0.25) is 10.1 Å². The van der Waals surface area contributed by atoms with E-state index in [1.54, 1.807) is 0 Å². The highest BCUT2D eigenvalue weighted by molar-refractivity contribution is 5.81. The van der Waals surface area contributed by atoms with Crippen LogP contribution >= 0.6 is 0 Å². The number of carbonyl (C=O) groups excluding carboxylic acids is 1. The first-order chi connectivity index (χ1) is 6.70. The van der Waals surface area contributed by atoms with Crippen LogP contribution < -0.4 is 16.4 Å². The number of hydrogen-bond donors (Lipinski definition) is 3. The third-order valence-corrected chi connectivity index (χ3v) is 3.06. The molecule has 1 aliphatic heterocycles. The van der Waals surface area contributed by atoms with Crippen LogP contribution in [0.2, 0.25) is 0 Å². The molecule has 5 heteroatoms. The zero-order chi connectivity index (χ0) is 10.1. The first-order valence-electron chi connectivity index (χ1n) is 5.05. The summed E-state index contributed by atoms with van der Waals surface area (Å²) in [6, 6.07) is 0.715. The molecule has 1 amide bonds. The zero-order valence-corrected chi connectivity index (χ0v) is 8.32. The molecule has 0 aromatic rings. The number of hydrogen-bond acceptors (Lipinski definition) is 4. The van der Waals surface area contributed by atoms with Gasteiger partial charge in [0, 0.05) is 25.2 Å². The quantitative estimate of drug-likeness (QED) is 0.502. The van der Waals surface area contributed by atoms with Crippen LogP contribution in [0.5, 0.6) is 0 Å². The topological polar surface area (TPSA) is 76.4 Å². The van der Waals surface area contributed by atoms with Gasteiger partial charge in [0.2, 0.25) is 0 Å². The fourth-order valence-corrected chi connectivity index (χ4v) is 2.27. The normalized spacial score (nSPS) is 42.9. The van der Waals surface area contributed by atoms with Gasteiger partial charge < -0.3 is 15.8 Å². The highest BCUT2D eigenvalue weighted by Crippen LogP contribution is 2.21. The van der Waals surface area contributed by atoms with Crippen LogP contribution in [0.3, 0.4) is 0 Å². The molecule has 1 saturated heterocycles. The standard InChI is InChI=1S/C9H17N3O2/c1-14-9-8(13)11-7-4-5(10)2-3-6(7)12-9/h5-7,9,12H,2-4,10H2,1H3,(H,11,13). The van der Waals surface area contributed by atoms with Crippen LogP contribution in [0.25, 0.3) is 0 Å². The molecule has 2 rings (SSSR count). The van der Waals surface area contributed by atoms with E-state index >= 15 is 0 Å². The second-order valence-electron chi connectivity index (χ2n) is 4.08. The van der Waals surface area contributed by atoms with Gasteiger partial charge in [-0.05, 0) is 19.3 Å². The number of nitrogens with one attached hydrogen (secondary N) is 2. The lowest BCUT2D eigenvalue weighted by Crippen LogP contribution is -2.66. The Morgan fingerprint density at radius 2 is 2.21 bits per heavy atom. The van der Waals surface area contributed by atoms with Gasteiger partial charge >= 0.3 is 0 Å². The summed E-state index contributed by atoms with van der Waals surface area (Å²) in [7, 11) is 1.53. The Balaban J connectivity index is 2.01.